The van der Waals surface area contributed by atoms with E-state index >= 15 is 0 Å². The normalized spacial score (nSPS) is 14.3. The number of hydrogen-bond donors (Lipinski definition) is 3. The maximum Gasteiger partial charge on any atom is 0.342 e. The molecule has 1 aromatic rings. The van der Waals surface area contributed by atoms with Gasteiger partial charge in [-0.3, -0.25) is 4.57 Å². The minimum absolute atomic E-state index is 0.275. The van der Waals surface area contributed by atoms with Gasteiger partial charge in [0.15, 0.2) is 23.4 Å². The first-order chi connectivity index (χ1) is 7.97. The van der Waals surface area contributed by atoms with Crippen molar-refractivity contribution in [3.63, 3.8) is 0 Å². The van der Waals surface area contributed by atoms with Crippen molar-refractivity contribution in [2.45, 2.75) is 25.5 Å². The summed E-state index contributed by atoms with van der Waals surface area (Å²) in [5.74, 6) is -1.27. The van der Waals surface area contributed by atoms with E-state index < -0.39 is 17.6 Å². The van der Waals surface area contributed by atoms with Crippen LogP contribution in [0.4, 0.5) is 0 Å². The summed E-state index contributed by atoms with van der Waals surface area (Å²) in [5.41, 5.74) is 0. The predicted octanol–water partition coefficient (Wildman–Crippen LogP) is 1.25. The Bertz CT molecular complexity index is 373. The van der Waals surface area contributed by atoms with Gasteiger partial charge in [0, 0.05) is 18.7 Å². The number of nitrogens with zero attached hydrogens (tertiary/aromatic N) is 1. The van der Waals surface area contributed by atoms with Crippen LogP contribution in [0.25, 0.3) is 0 Å². The Balaban J connectivity index is 2.70. The molecule has 1 heterocycles. The van der Waals surface area contributed by atoms with E-state index in [1.807, 2.05) is 0 Å². The lowest BCUT2D eigenvalue weighted by molar-refractivity contribution is -0.175. The molecule has 1 rings (SSSR count). The van der Waals surface area contributed by atoms with Gasteiger partial charge in [-0.05, 0) is 13.8 Å². The van der Waals surface area contributed by atoms with Crippen LogP contribution >= 0.6 is 12.6 Å². The van der Waals surface area contributed by atoms with Crippen LogP contribution in [0.3, 0.4) is 0 Å². The average Bonchev–Trinajstić information content (AvgIpc) is 2.58. The van der Waals surface area contributed by atoms with Gasteiger partial charge >= 0.3 is 5.97 Å². The van der Waals surface area contributed by atoms with Crippen LogP contribution in [0.5, 0.6) is 11.8 Å². The largest absolute Gasteiger partial charge is 0.494 e. The molecule has 0 radical (unpaired) electrons. The van der Waals surface area contributed by atoms with Crippen LogP contribution < -0.4 is 0 Å². The van der Waals surface area contributed by atoms with E-state index in [9.17, 15) is 15.0 Å². The molecule has 0 bridgehead atoms. The lowest BCUT2D eigenvalue weighted by atomic mass is 10.6. The van der Waals surface area contributed by atoms with Gasteiger partial charge in [-0.15, -0.1) is 12.6 Å². The Kier molecular flexibility index (Phi) is 4.71. The second-order valence-electron chi connectivity index (χ2n) is 3.25. The van der Waals surface area contributed by atoms with Crippen LogP contribution in [0.15, 0.2) is 12.1 Å². The van der Waals surface area contributed by atoms with Crippen molar-refractivity contribution in [1.29, 1.82) is 0 Å². The minimum Gasteiger partial charge on any atom is -0.494 e. The monoisotopic (exact) mass is 261 g/mol. The molecule has 2 atom stereocenters. The highest BCUT2D eigenvalue weighted by Crippen LogP contribution is 2.29. The van der Waals surface area contributed by atoms with Crippen molar-refractivity contribution in [3.05, 3.63) is 12.1 Å². The molecule has 0 amide bonds. The van der Waals surface area contributed by atoms with E-state index in [2.05, 4.69) is 12.6 Å². The number of carbonyl (C=O) groups excluding carboxylic acids is 1. The van der Waals surface area contributed by atoms with E-state index in [1.54, 1.807) is 13.8 Å². The molecule has 0 aliphatic heterocycles. The Morgan fingerprint density at radius 1 is 1.47 bits per heavy atom. The van der Waals surface area contributed by atoms with Crippen molar-refractivity contribution in [2.24, 2.45) is 0 Å². The number of aromatic nitrogens is 1. The average molecular weight is 261 g/mol. The van der Waals surface area contributed by atoms with Crippen molar-refractivity contribution in [1.82, 2.24) is 4.57 Å². The number of thiol groups is 1. The molecule has 0 saturated heterocycles. The summed E-state index contributed by atoms with van der Waals surface area (Å²) in [6.07, 6.45) is -0.706. The summed E-state index contributed by atoms with van der Waals surface area (Å²) in [6.45, 7) is 3.75. The third kappa shape index (κ3) is 3.31. The van der Waals surface area contributed by atoms with Crippen molar-refractivity contribution < 1.29 is 24.5 Å². The summed E-state index contributed by atoms with van der Waals surface area (Å²) in [7, 11) is 0. The zero-order chi connectivity index (χ0) is 13.0. The van der Waals surface area contributed by atoms with E-state index in [1.165, 1.54) is 12.1 Å². The topological polar surface area (TPSA) is 80.9 Å². The summed E-state index contributed by atoms with van der Waals surface area (Å²) in [4.78, 5) is 11.6. The molecule has 1 aromatic heterocycles. The molecule has 2 unspecified atom stereocenters. The second kappa shape index (κ2) is 5.83. The number of esters is 1. The Hall–Kier alpha value is -1.34. The first-order valence-corrected chi connectivity index (χ1v) is 5.58. The van der Waals surface area contributed by atoms with Gasteiger partial charge in [0.05, 0.1) is 0 Å². The van der Waals surface area contributed by atoms with Crippen molar-refractivity contribution in [3.8, 4) is 11.8 Å². The smallest absolute Gasteiger partial charge is 0.342 e. The van der Waals surface area contributed by atoms with Gasteiger partial charge in [0.1, 0.15) is 0 Å². The second-order valence-corrected chi connectivity index (χ2v) is 3.74. The zero-order valence-corrected chi connectivity index (χ0v) is 10.4. The quantitative estimate of drug-likeness (QED) is 0.422. The molecule has 0 aliphatic rings. The van der Waals surface area contributed by atoms with Gasteiger partial charge in [-0.25, -0.2) is 4.79 Å². The summed E-state index contributed by atoms with van der Waals surface area (Å²) in [6, 6.07) is 2.50. The fourth-order valence-electron chi connectivity index (χ4n) is 1.28. The van der Waals surface area contributed by atoms with E-state index in [0.29, 0.717) is 6.61 Å². The first-order valence-electron chi connectivity index (χ1n) is 5.06. The Labute approximate surface area is 104 Å². The van der Waals surface area contributed by atoms with Crippen LogP contribution in [0, 0.1) is 0 Å². The number of rotatable bonds is 5. The molecule has 0 fully saturated rings. The Morgan fingerprint density at radius 2 is 2.00 bits per heavy atom. The molecular formula is C10H15NO5S. The molecule has 0 aliphatic carbocycles. The molecule has 2 N–H and O–H groups in total. The van der Waals surface area contributed by atoms with E-state index in [-0.39, 0.29) is 11.8 Å². The molecule has 7 heteroatoms. The third-order valence-corrected chi connectivity index (χ3v) is 2.46. The summed E-state index contributed by atoms with van der Waals surface area (Å²) >= 11 is 3.98. The van der Waals surface area contributed by atoms with Gasteiger partial charge in [0.2, 0.25) is 0 Å². The van der Waals surface area contributed by atoms with Crippen LogP contribution in [0.2, 0.25) is 0 Å². The Morgan fingerprint density at radius 3 is 2.47 bits per heavy atom. The van der Waals surface area contributed by atoms with Gasteiger partial charge < -0.3 is 19.7 Å². The molecule has 96 valence electrons. The highest BCUT2D eigenvalue weighted by molar-refractivity contribution is 7.81. The fraction of sp³-hybridized carbons (Fsp3) is 0.500. The molecule has 17 heavy (non-hydrogen) atoms. The SMILES string of the molecule is CCOC(C)OC(=O)C(S)n1c(O)ccc1O. The standard InChI is InChI=1S/C10H15NO5S/c1-3-15-6(2)16-10(14)9(17)11-7(12)4-5-8(11)13/h4-6,9,12-13,17H,3H2,1-2H3. The van der Waals surface area contributed by atoms with Gasteiger partial charge in [-0.1, -0.05) is 0 Å². The van der Waals surface area contributed by atoms with Crippen LogP contribution in [0.1, 0.15) is 19.2 Å². The molecule has 0 aromatic carbocycles. The fourth-order valence-corrected chi connectivity index (χ4v) is 1.57. The third-order valence-electron chi connectivity index (χ3n) is 2.01. The number of hydrogen-bond acceptors (Lipinski definition) is 6. The van der Waals surface area contributed by atoms with E-state index in [4.69, 9.17) is 9.47 Å². The molecule has 0 spiro atoms. The lowest BCUT2D eigenvalue weighted by Crippen LogP contribution is -2.23. The predicted molar refractivity (Wildman–Crippen MR) is 63.0 cm³/mol. The lowest BCUT2D eigenvalue weighted by Gasteiger charge is -2.18. The number of ether oxygens (including phenoxy) is 2. The van der Waals surface area contributed by atoms with E-state index in [0.717, 1.165) is 4.57 Å². The molecule has 6 nitrogen and oxygen atoms in total. The highest BCUT2D eigenvalue weighted by Gasteiger charge is 2.24. The van der Waals surface area contributed by atoms with Crippen molar-refractivity contribution >= 4 is 18.6 Å². The molecular weight excluding hydrogens is 246 g/mol. The van der Waals surface area contributed by atoms with Crippen molar-refractivity contribution in [2.75, 3.05) is 6.61 Å². The number of carbonyl (C=O) groups is 1. The minimum atomic E-state index is -1.13. The zero-order valence-electron chi connectivity index (χ0n) is 9.53. The maximum atomic E-state index is 11.6. The van der Waals surface area contributed by atoms with Crippen LogP contribution in [-0.2, 0) is 14.3 Å². The molecule has 0 saturated carbocycles. The first kappa shape index (κ1) is 13.7. The van der Waals surface area contributed by atoms with Gasteiger partial charge in [0.25, 0.3) is 0 Å². The van der Waals surface area contributed by atoms with Crippen LogP contribution in [-0.4, -0.2) is 33.6 Å². The maximum absolute atomic E-state index is 11.6. The summed E-state index contributed by atoms with van der Waals surface area (Å²) in [5, 5.41) is 17.7. The summed E-state index contributed by atoms with van der Waals surface area (Å²) < 4.78 is 10.9. The number of aromatic hydroxyl groups is 2. The van der Waals surface area contributed by atoms with Gasteiger partial charge in [-0.2, -0.15) is 0 Å². The highest BCUT2D eigenvalue weighted by atomic mass is 32.1.